The predicted octanol–water partition coefficient (Wildman–Crippen LogP) is 12.9. The summed E-state index contributed by atoms with van der Waals surface area (Å²) in [5, 5.41) is 0. The fraction of sp³-hybridized carbons (Fsp3) is 0.850. The van der Waals surface area contributed by atoms with Crippen molar-refractivity contribution in [1.82, 2.24) is 19.9 Å². The molecular weight excluding hydrogens is 536 g/mol. The molecule has 0 radical (unpaired) electrons. The molecule has 0 aliphatic rings. The Hall–Kier alpha value is -1.58. The molecule has 0 saturated carbocycles. The first-order valence-corrected chi connectivity index (χ1v) is 19.8. The Kier molecular flexibility index (Phi) is 23.4. The van der Waals surface area contributed by atoms with Crippen LogP contribution in [0.1, 0.15) is 222 Å². The lowest BCUT2D eigenvalue weighted by Crippen LogP contribution is -1.96. The van der Waals surface area contributed by atoms with Crippen LogP contribution in [0.25, 0.3) is 0 Å². The van der Waals surface area contributed by atoms with E-state index in [9.17, 15) is 0 Å². The van der Waals surface area contributed by atoms with E-state index in [1.165, 1.54) is 201 Å². The van der Waals surface area contributed by atoms with Crippen LogP contribution in [0.5, 0.6) is 0 Å². The normalized spacial score (nSPS) is 11.6. The van der Waals surface area contributed by atoms with Crippen molar-refractivity contribution < 1.29 is 0 Å². The smallest absolute Gasteiger partial charge is 0.106 e. The Balaban J connectivity index is 1.55. The van der Waals surface area contributed by atoms with E-state index in [1.54, 1.807) is 0 Å². The summed E-state index contributed by atoms with van der Waals surface area (Å²) < 4.78 is 0. The molecule has 2 aromatic heterocycles. The van der Waals surface area contributed by atoms with Crippen LogP contribution in [0.3, 0.4) is 0 Å². The third-order valence-corrected chi connectivity index (χ3v) is 9.66. The fourth-order valence-corrected chi connectivity index (χ4v) is 6.70. The Morgan fingerprint density at radius 3 is 1.14 bits per heavy atom. The van der Waals surface area contributed by atoms with Gasteiger partial charge in [-0.3, -0.25) is 0 Å². The number of hydrogen-bond acceptors (Lipinski definition) is 2. The van der Waals surface area contributed by atoms with Gasteiger partial charge in [0.15, 0.2) is 0 Å². The lowest BCUT2D eigenvalue weighted by Gasteiger charge is -2.03. The molecule has 0 spiro atoms. The number of imidazole rings is 2. The molecule has 4 nitrogen and oxygen atoms in total. The number of nitrogens with zero attached hydrogens (tertiary/aromatic N) is 2. The molecule has 4 heteroatoms. The topological polar surface area (TPSA) is 57.4 Å². The molecule has 0 aliphatic carbocycles. The van der Waals surface area contributed by atoms with Gasteiger partial charge < -0.3 is 9.97 Å². The highest BCUT2D eigenvalue weighted by Crippen LogP contribution is 2.19. The van der Waals surface area contributed by atoms with Gasteiger partial charge in [-0.2, -0.15) is 0 Å². The zero-order valence-corrected chi connectivity index (χ0v) is 30.1. The largest absolute Gasteiger partial charge is 0.346 e. The molecule has 0 aromatic carbocycles. The molecule has 44 heavy (non-hydrogen) atoms. The van der Waals surface area contributed by atoms with Gasteiger partial charge in [-0.15, -0.1) is 0 Å². The molecule has 0 fully saturated rings. The van der Waals surface area contributed by atoms with Gasteiger partial charge in [-0.1, -0.05) is 175 Å². The molecule has 0 unspecified atom stereocenters. The van der Waals surface area contributed by atoms with Gasteiger partial charge in [0.1, 0.15) is 11.6 Å². The van der Waals surface area contributed by atoms with E-state index in [4.69, 9.17) is 9.97 Å². The maximum absolute atomic E-state index is 5.02. The minimum absolute atomic E-state index is 0.871. The fourth-order valence-electron chi connectivity index (χ4n) is 6.70. The van der Waals surface area contributed by atoms with Crippen molar-refractivity contribution in [1.29, 1.82) is 0 Å². The molecule has 2 N–H and O–H groups in total. The van der Waals surface area contributed by atoms with E-state index < -0.39 is 0 Å². The zero-order valence-electron chi connectivity index (χ0n) is 30.1. The summed E-state index contributed by atoms with van der Waals surface area (Å²) in [5.41, 5.74) is 4.93. The van der Waals surface area contributed by atoms with Gasteiger partial charge in [0, 0.05) is 30.7 Å². The molecule has 0 atom stereocenters. The van der Waals surface area contributed by atoms with E-state index in [0.717, 1.165) is 25.7 Å². The molecular formula is C40H74N4. The number of aromatic amines is 2. The highest BCUT2D eigenvalue weighted by molar-refractivity contribution is 5.25. The maximum Gasteiger partial charge on any atom is 0.106 e. The van der Waals surface area contributed by atoms with Crippen LogP contribution in [0, 0.1) is 6.92 Å². The number of nitrogens with one attached hydrogen (secondary N) is 2. The molecule has 2 rings (SSSR count). The van der Waals surface area contributed by atoms with Crippen molar-refractivity contribution in [2.45, 2.75) is 220 Å². The van der Waals surface area contributed by atoms with Crippen molar-refractivity contribution in [3.05, 3.63) is 34.4 Å². The quantitative estimate of drug-likeness (QED) is 0.0834. The van der Waals surface area contributed by atoms with Gasteiger partial charge in [-0.05, 0) is 26.2 Å². The van der Waals surface area contributed by atoms with E-state index in [1.807, 2.05) is 0 Å². The molecule has 2 aromatic rings. The second-order valence-electron chi connectivity index (χ2n) is 13.9. The third-order valence-electron chi connectivity index (χ3n) is 9.66. The number of aryl methyl sites for hydroxylation is 4. The van der Waals surface area contributed by atoms with Crippen molar-refractivity contribution in [2.24, 2.45) is 0 Å². The summed E-state index contributed by atoms with van der Waals surface area (Å²) in [5.74, 6) is 2.35. The van der Waals surface area contributed by atoms with Crippen molar-refractivity contribution in [3.8, 4) is 0 Å². The number of hydrogen-bond donors (Lipinski definition) is 2. The average Bonchev–Trinajstić information content (AvgIpc) is 3.59. The number of unbranched alkanes of at least 4 members (excludes halogenated alkanes) is 24. The molecule has 0 aliphatic heterocycles. The van der Waals surface area contributed by atoms with Gasteiger partial charge in [0.05, 0.1) is 11.4 Å². The van der Waals surface area contributed by atoms with Gasteiger partial charge in [-0.25, -0.2) is 9.97 Å². The number of aromatic nitrogens is 4. The maximum atomic E-state index is 5.02. The van der Waals surface area contributed by atoms with E-state index in [0.29, 0.717) is 0 Å². The second-order valence-corrected chi connectivity index (χ2v) is 13.9. The lowest BCUT2D eigenvalue weighted by molar-refractivity contribution is 0.538. The zero-order chi connectivity index (χ0) is 31.5. The number of H-pyrrole nitrogens is 2. The van der Waals surface area contributed by atoms with Gasteiger partial charge in [0.25, 0.3) is 0 Å². The van der Waals surface area contributed by atoms with E-state index in [-0.39, 0.29) is 0 Å². The monoisotopic (exact) mass is 611 g/mol. The van der Waals surface area contributed by atoms with Crippen molar-refractivity contribution >= 4 is 0 Å². The minimum Gasteiger partial charge on any atom is -0.346 e. The van der Waals surface area contributed by atoms with Crippen LogP contribution in [0.4, 0.5) is 0 Å². The molecule has 0 amide bonds. The van der Waals surface area contributed by atoms with E-state index >= 15 is 0 Å². The Morgan fingerprint density at radius 1 is 0.409 bits per heavy atom. The molecule has 2 heterocycles. The highest BCUT2D eigenvalue weighted by Gasteiger charge is 2.14. The Morgan fingerprint density at radius 2 is 0.750 bits per heavy atom. The van der Waals surface area contributed by atoms with Crippen LogP contribution in [-0.4, -0.2) is 19.9 Å². The summed E-state index contributed by atoms with van der Waals surface area (Å²) in [6, 6.07) is 0. The van der Waals surface area contributed by atoms with Crippen LogP contribution >= 0.6 is 0 Å². The highest BCUT2D eigenvalue weighted by atomic mass is 15.0. The summed E-state index contributed by atoms with van der Waals surface area (Å²) in [6.07, 6.45) is 40.4. The summed E-state index contributed by atoms with van der Waals surface area (Å²) in [6.45, 7) is 9.01. The van der Waals surface area contributed by atoms with E-state index in [2.05, 4.69) is 37.7 Å². The van der Waals surface area contributed by atoms with Crippen LogP contribution in [0.2, 0.25) is 0 Å². The van der Waals surface area contributed by atoms with Crippen LogP contribution in [-0.2, 0) is 25.7 Å². The predicted molar refractivity (Wildman–Crippen MR) is 193 cm³/mol. The van der Waals surface area contributed by atoms with Gasteiger partial charge in [0.2, 0.25) is 0 Å². The molecule has 254 valence electrons. The Bertz CT molecular complexity index is 911. The molecule has 0 saturated heterocycles. The SMILES string of the molecule is CCCCCCCCCCCCCCCc1nc(Cc2[nH]c(CCCCCCCCCCCCCCC)nc2CC)c(C)[nH]1. The Labute approximate surface area is 274 Å². The second kappa shape index (κ2) is 26.6. The van der Waals surface area contributed by atoms with Crippen molar-refractivity contribution in [2.75, 3.05) is 0 Å². The molecule has 0 bridgehead atoms. The first-order valence-electron chi connectivity index (χ1n) is 19.8. The average molecular weight is 611 g/mol. The van der Waals surface area contributed by atoms with Crippen LogP contribution < -0.4 is 0 Å². The standard InChI is InChI=1S/C40H74N4/c1-5-8-10-12-14-16-18-20-22-24-26-28-30-32-39-41-35(4)37(43-39)34-38-36(7-3)42-40(44-38)33-31-29-27-25-23-21-19-17-15-13-11-9-6-2/h5-34H2,1-4H3,(H,41,43)(H,42,44). The summed E-state index contributed by atoms with van der Waals surface area (Å²) >= 11 is 0. The summed E-state index contributed by atoms with van der Waals surface area (Å²) in [4.78, 5) is 17.3. The first-order chi connectivity index (χ1) is 21.7. The minimum atomic E-state index is 0.871. The lowest BCUT2D eigenvalue weighted by atomic mass is 10.0. The third kappa shape index (κ3) is 18.4. The van der Waals surface area contributed by atoms with Crippen molar-refractivity contribution in [3.63, 3.8) is 0 Å². The summed E-state index contributed by atoms with van der Waals surface area (Å²) in [7, 11) is 0. The number of rotatable bonds is 31. The first kappa shape index (κ1) is 38.6. The van der Waals surface area contributed by atoms with Gasteiger partial charge >= 0.3 is 0 Å². The van der Waals surface area contributed by atoms with Crippen LogP contribution in [0.15, 0.2) is 0 Å².